The van der Waals surface area contributed by atoms with E-state index in [9.17, 15) is 23.2 Å². The van der Waals surface area contributed by atoms with E-state index in [-0.39, 0.29) is 27.1 Å². The van der Waals surface area contributed by atoms with Crippen LogP contribution in [-0.2, 0) is 11.7 Å². The second kappa shape index (κ2) is 6.67. The van der Waals surface area contributed by atoms with Crippen LogP contribution in [0, 0.1) is 11.3 Å². The zero-order valence-corrected chi connectivity index (χ0v) is 16.2. The Labute approximate surface area is 165 Å². The number of hydrogen-bond acceptors (Lipinski definition) is 4. The summed E-state index contributed by atoms with van der Waals surface area (Å²) in [6.45, 7) is 5.37. The van der Waals surface area contributed by atoms with Crippen LogP contribution in [0.2, 0.25) is 0 Å². The number of hydrogen-bond donors (Lipinski definition) is 1. The second-order valence-corrected chi connectivity index (χ2v) is 7.78. The second-order valence-electron chi connectivity index (χ2n) is 7.30. The van der Waals surface area contributed by atoms with Crippen LogP contribution in [0.3, 0.4) is 0 Å². The highest BCUT2D eigenvalue weighted by Gasteiger charge is 2.39. The Bertz CT molecular complexity index is 1130. The fourth-order valence-electron chi connectivity index (χ4n) is 2.95. The van der Waals surface area contributed by atoms with E-state index in [1.807, 2.05) is 6.07 Å². The number of rotatable bonds is 2. The first-order valence-corrected chi connectivity index (χ1v) is 8.76. The Morgan fingerprint density at radius 1 is 1.18 bits per heavy atom. The molecule has 0 spiro atoms. The summed E-state index contributed by atoms with van der Waals surface area (Å²) >= 11 is 4.17. The average molecular weight is 403 g/mol. The van der Waals surface area contributed by atoms with Crippen molar-refractivity contribution in [2.24, 2.45) is 0 Å². The molecule has 0 saturated carbocycles. The number of aromatic nitrogens is 2. The van der Waals surface area contributed by atoms with Gasteiger partial charge in [-0.15, -0.1) is 12.6 Å². The van der Waals surface area contributed by atoms with E-state index < -0.39 is 28.8 Å². The molecule has 1 aromatic carbocycles. The molecule has 8 heteroatoms. The lowest BCUT2D eigenvalue weighted by atomic mass is 9.99. The summed E-state index contributed by atoms with van der Waals surface area (Å²) in [5, 5.41) is 9.62. The van der Waals surface area contributed by atoms with Crippen LogP contribution in [0.1, 0.15) is 48.0 Å². The van der Waals surface area contributed by atoms with Crippen molar-refractivity contribution in [3.8, 4) is 6.07 Å². The number of nitrogens with zero attached hydrogens (tertiary/aromatic N) is 3. The topological polar surface area (TPSA) is 58.7 Å². The molecule has 3 aromatic rings. The Balaban J connectivity index is 2.39. The Morgan fingerprint density at radius 2 is 1.82 bits per heavy atom. The van der Waals surface area contributed by atoms with Crippen molar-refractivity contribution in [3.05, 3.63) is 58.9 Å². The number of benzene rings is 1. The first kappa shape index (κ1) is 20.0. The predicted octanol–water partition coefficient (Wildman–Crippen LogP) is 5.20. The smallest absolute Gasteiger partial charge is 0.326 e. The molecule has 0 fully saturated rings. The summed E-state index contributed by atoms with van der Waals surface area (Å²) in [4.78, 5) is 17.0. The third-order valence-electron chi connectivity index (χ3n) is 4.28. The average Bonchev–Trinajstić information content (AvgIpc) is 2.98. The molecule has 28 heavy (non-hydrogen) atoms. The highest BCUT2D eigenvalue weighted by molar-refractivity contribution is 7.80. The van der Waals surface area contributed by atoms with Gasteiger partial charge in [-0.1, -0.05) is 12.1 Å². The Morgan fingerprint density at radius 3 is 2.36 bits per heavy atom. The molecule has 0 aliphatic rings. The van der Waals surface area contributed by atoms with Gasteiger partial charge in [-0.05, 0) is 39.0 Å². The fraction of sp³-hybridized carbons (Fsp3) is 0.250. The number of halogens is 3. The van der Waals surface area contributed by atoms with Crippen molar-refractivity contribution < 1.29 is 18.0 Å². The molecule has 2 heterocycles. The summed E-state index contributed by atoms with van der Waals surface area (Å²) in [7, 11) is 0. The molecule has 0 radical (unpaired) electrons. The van der Waals surface area contributed by atoms with Gasteiger partial charge in [0.05, 0.1) is 11.1 Å². The summed E-state index contributed by atoms with van der Waals surface area (Å²) in [5.41, 5.74) is -2.30. The van der Waals surface area contributed by atoms with E-state index in [4.69, 9.17) is 0 Å². The number of thiol groups is 1. The summed E-state index contributed by atoms with van der Waals surface area (Å²) < 4.78 is 42.8. The lowest BCUT2D eigenvalue weighted by molar-refractivity contribution is -0.141. The number of alkyl halides is 3. The van der Waals surface area contributed by atoms with Crippen molar-refractivity contribution in [1.29, 1.82) is 5.26 Å². The quantitative estimate of drug-likeness (QED) is 0.473. The molecule has 0 unspecified atom stereocenters. The van der Waals surface area contributed by atoms with Crippen LogP contribution < -0.4 is 0 Å². The molecular weight excluding hydrogens is 387 g/mol. The van der Waals surface area contributed by atoms with Crippen molar-refractivity contribution in [2.45, 2.75) is 37.4 Å². The monoisotopic (exact) mass is 403 g/mol. The third-order valence-corrected chi connectivity index (χ3v) is 4.67. The molecular formula is C20H16F3N3OS. The molecule has 0 amide bonds. The molecule has 4 nitrogen and oxygen atoms in total. The van der Waals surface area contributed by atoms with E-state index in [1.165, 1.54) is 22.9 Å². The highest BCUT2D eigenvalue weighted by Crippen LogP contribution is 2.36. The molecule has 3 rings (SSSR count). The molecule has 2 aromatic heterocycles. The van der Waals surface area contributed by atoms with E-state index in [2.05, 4.69) is 17.6 Å². The fourth-order valence-corrected chi connectivity index (χ4v) is 3.21. The molecule has 0 saturated heterocycles. The standard InChI is InChI=1S/C20H16F3N3OS/c1-19(2,3)26-10-11(9-24)13-8-14(17(20(21,22)23)25-18(13)26)16(27)12-6-4-5-7-15(12)28/h4-8,10,28H,1-3H3. The van der Waals surface area contributed by atoms with Gasteiger partial charge < -0.3 is 4.57 Å². The maximum atomic E-state index is 13.8. The summed E-state index contributed by atoms with van der Waals surface area (Å²) in [5.74, 6) is -0.847. The first-order valence-electron chi connectivity index (χ1n) is 8.31. The van der Waals surface area contributed by atoms with Crippen LogP contribution in [0.4, 0.5) is 13.2 Å². The highest BCUT2D eigenvalue weighted by atomic mass is 32.1. The number of fused-ring (bicyclic) bond motifs is 1. The van der Waals surface area contributed by atoms with Crippen molar-refractivity contribution >= 4 is 29.4 Å². The van der Waals surface area contributed by atoms with Gasteiger partial charge >= 0.3 is 6.18 Å². The van der Waals surface area contributed by atoms with Gasteiger partial charge in [0.15, 0.2) is 11.5 Å². The van der Waals surface area contributed by atoms with Crippen LogP contribution in [-0.4, -0.2) is 15.3 Å². The summed E-state index contributed by atoms with van der Waals surface area (Å²) in [6, 6.07) is 9.17. The zero-order chi connectivity index (χ0) is 20.9. The Kier molecular flexibility index (Phi) is 4.76. The maximum absolute atomic E-state index is 13.8. The van der Waals surface area contributed by atoms with Gasteiger partial charge in [0.1, 0.15) is 11.7 Å². The normalized spacial score (nSPS) is 12.2. The molecule has 0 N–H and O–H groups in total. The number of carbonyl (C=O) groups is 1. The van der Waals surface area contributed by atoms with E-state index in [1.54, 1.807) is 32.9 Å². The minimum Gasteiger partial charge on any atom is -0.326 e. The van der Waals surface area contributed by atoms with Crippen molar-refractivity contribution in [2.75, 3.05) is 0 Å². The third kappa shape index (κ3) is 3.38. The molecule has 0 atom stereocenters. The van der Waals surface area contributed by atoms with Gasteiger partial charge in [-0.2, -0.15) is 18.4 Å². The van der Waals surface area contributed by atoms with Crippen LogP contribution in [0.5, 0.6) is 0 Å². The van der Waals surface area contributed by atoms with Crippen LogP contribution in [0.25, 0.3) is 11.0 Å². The van der Waals surface area contributed by atoms with Crippen molar-refractivity contribution in [3.63, 3.8) is 0 Å². The number of pyridine rings is 1. The maximum Gasteiger partial charge on any atom is 0.434 e. The predicted molar refractivity (Wildman–Crippen MR) is 102 cm³/mol. The van der Waals surface area contributed by atoms with Crippen molar-refractivity contribution in [1.82, 2.24) is 9.55 Å². The largest absolute Gasteiger partial charge is 0.434 e. The molecule has 0 aliphatic carbocycles. The van der Waals surface area contributed by atoms with E-state index in [0.717, 1.165) is 6.07 Å². The van der Waals surface area contributed by atoms with Gasteiger partial charge in [-0.3, -0.25) is 4.79 Å². The molecule has 0 aliphatic heterocycles. The first-order chi connectivity index (χ1) is 12.9. The minimum atomic E-state index is -4.84. The number of ketones is 1. The SMILES string of the molecule is CC(C)(C)n1cc(C#N)c2cc(C(=O)c3ccccc3S)c(C(F)(F)F)nc21. The van der Waals surface area contributed by atoms with Gasteiger partial charge in [0, 0.05) is 27.6 Å². The van der Waals surface area contributed by atoms with Crippen LogP contribution >= 0.6 is 12.6 Å². The lowest BCUT2D eigenvalue weighted by Gasteiger charge is -2.22. The van der Waals surface area contributed by atoms with Gasteiger partial charge in [0.25, 0.3) is 0 Å². The summed E-state index contributed by atoms with van der Waals surface area (Å²) in [6.07, 6.45) is -3.39. The zero-order valence-electron chi connectivity index (χ0n) is 15.3. The lowest BCUT2D eigenvalue weighted by Crippen LogP contribution is -2.22. The Hall–Kier alpha value is -2.79. The van der Waals surface area contributed by atoms with E-state index >= 15 is 0 Å². The van der Waals surface area contributed by atoms with Crippen LogP contribution in [0.15, 0.2) is 41.4 Å². The minimum absolute atomic E-state index is 0.00656. The molecule has 144 valence electrons. The molecule has 0 bridgehead atoms. The van der Waals surface area contributed by atoms with E-state index in [0.29, 0.717) is 0 Å². The van der Waals surface area contributed by atoms with Gasteiger partial charge in [0.2, 0.25) is 0 Å². The van der Waals surface area contributed by atoms with Gasteiger partial charge in [-0.25, -0.2) is 4.98 Å². The number of carbonyl (C=O) groups excluding carboxylic acids is 1. The number of nitriles is 1.